The van der Waals surface area contributed by atoms with Gasteiger partial charge in [0.1, 0.15) is 5.75 Å². The Hall–Kier alpha value is -3.33. The fraction of sp³-hybridized carbons (Fsp3) is 0.346. The molecule has 3 aromatic rings. The number of hydrogen-bond acceptors (Lipinski definition) is 7. The van der Waals surface area contributed by atoms with Crippen LogP contribution in [0.1, 0.15) is 39.0 Å². The molecule has 1 N–H and O–H groups in total. The van der Waals surface area contributed by atoms with Gasteiger partial charge in [-0.05, 0) is 37.1 Å². The maximum absolute atomic E-state index is 14.4. The molecule has 2 aromatic carbocycles. The summed E-state index contributed by atoms with van der Waals surface area (Å²) < 4.78 is 31.7. The highest BCUT2D eigenvalue weighted by atomic mass is 32.2. The molecule has 1 heterocycles. The van der Waals surface area contributed by atoms with Crippen LogP contribution in [0.4, 0.5) is 10.1 Å². The van der Waals surface area contributed by atoms with E-state index in [4.69, 9.17) is 14.2 Å². The van der Waals surface area contributed by atoms with Crippen molar-refractivity contribution < 1.29 is 28.2 Å². The molecule has 0 saturated heterocycles. The summed E-state index contributed by atoms with van der Waals surface area (Å²) in [5, 5.41) is 3.22. The van der Waals surface area contributed by atoms with Gasteiger partial charge in [0, 0.05) is 42.1 Å². The molecule has 3 rings (SSSR count). The number of aromatic nitrogens is 1. The van der Waals surface area contributed by atoms with E-state index >= 15 is 0 Å². The van der Waals surface area contributed by atoms with Gasteiger partial charge in [-0.25, -0.2) is 4.39 Å². The summed E-state index contributed by atoms with van der Waals surface area (Å²) in [4.78, 5) is 25.9. The van der Waals surface area contributed by atoms with Gasteiger partial charge in [-0.1, -0.05) is 31.0 Å². The summed E-state index contributed by atoms with van der Waals surface area (Å²) in [6.45, 7) is 2.15. The second-order valence-corrected chi connectivity index (χ2v) is 9.07. The zero-order valence-corrected chi connectivity index (χ0v) is 20.7. The average Bonchev–Trinajstić information content (AvgIpc) is 2.84. The van der Waals surface area contributed by atoms with Crippen molar-refractivity contribution in [2.45, 2.75) is 39.0 Å². The number of fused-ring (bicyclic) bond motifs is 1. The third-order valence-corrected chi connectivity index (χ3v) is 6.12. The Balaban J connectivity index is 1.62. The van der Waals surface area contributed by atoms with Crippen molar-refractivity contribution >= 4 is 39.9 Å². The Morgan fingerprint density at radius 1 is 1.03 bits per heavy atom. The number of ether oxygens (including phenoxy) is 3. The van der Waals surface area contributed by atoms with Crippen LogP contribution in [0.3, 0.4) is 0 Å². The molecule has 0 spiro atoms. The van der Waals surface area contributed by atoms with E-state index in [9.17, 15) is 14.0 Å². The van der Waals surface area contributed by atoms with Crippen LogP contribution in [-0.4, -0.2) is 36.0 Å². The van der Waals surface area contributed by atoms with Gasteiger partial charge in [-0.15, -0.1) is 0 Å². The van der Waals surface area contributed by atoms with Crippen LogP contribution in [-0.2, 0) is 9.59 Å². The number of thioether (sulfide) groups is 1. The van der Waals surface area contributed by atoms with Crippen LogP contribution in [0, 0.1) is 5.82 Å². The second-order valence-electron chi connectivity index (χ2n) is 7.80. The lowest BCUT2D eigenvalue weighted by atomic mass is 10.1. The van der Waals surface area contributed by atoms with E-state index in [1.165, 1.54) is 23.9 Å². The molecule has 0 radical (unpaired) electrons. The number of carbonyl (C=O) groups excluding carboxylic acids is 2. The maximum atomic E-state index is 14.4. The van der Waals surface area contributed by atoms with Crippen molar-refractivity contribution in [2.24, 2.45) is 0 Å². The number of hydrogen-bond donors (Lipinski definition) is 1. The van der Waals surface area contributed by atoms with E-state index < -0.39 is 5.82 Å². The first kappa shape index (κ1) is 26.3. The lowest BCUT2D eigenvalue weighted by Crippen LogP contribution is -2.00. The molecule has 1 aromatic heterocycles. The largest absolute Gasteiger partial charge is 0.493 e. The topological polar surface area (TPSA) is 86.8 Å². The predicted molar refractivity (Wildman–Crippen MR) is 136 cm³/mol. The summed E-state index contributed by atoms with van der Waals surface area (Å²) in [5.74, 6) is 1.83. The number of rotatable bonds is 14. The zero-order valence-electron chi connectivity index (χ0n) is 19.8. The molecule has 35 heavy (non-hydrogen) atoms. The summed E-state index contributed by atoms with van der Waals surface area (Å²) in [7, 11) is 1.56. The summed E-state index contributed by atoms with van der Waals surface area (Å²) >= 11 is 1.38. The Kier molecular flexibility index (Phi) is 10.2. The van der Waals surface area contributed by atoms with Crippen LogP contribution >= 0.6 is 11.8 Å². The molecule has 0 saturated carbocycles. The molecule has 0 bridgehead atoms. The Morgan fingerprint density at radius 2 is 1.83 bits per heavy atom. The molecule has 7 nitrogen and oxygen atoms in total. The maximum Gasteiger partial charge on any atom is 0.211 e. The Morgan fingerprint density at radius 3 is 2.57 bits per heavy atom. The molecule has 0 unspecified atom stereocenters. The zero-order chi connectivity index (χ0) is 25.0. The van der Waals surface area contributed by atoms with Crippen molar-refractivity contribution in [3.8, 4) is 23.0 Å². The Bertz CT molecular complexity index is 1160. The third-order valence-electron chi connectivity index (χ3n) is 5.22. The number of halogens is 1. The van der Waals surface area contributed by atoms with Crippen molar-refractivity contribution in [3.63, 3.8) is 0 Å². The SMILES string of the molecule is COc1cc2c(Oc3ccc(NC=O)cc3F)ccnc2cc1OCCCCCCCSC(C)=O. The minimum atomic E-state index is -0.605. The number of nitrogens with zero attached hydrogens (tertiary/aromatic N) is 1. The van der Waals surface area contributed by atoms with E-state index in [1.54, 1.807) is 44.5 Å². The van der Waals surface area contributed by atoms with Gasteiger partial charge in [0.25, 0.3) is 0 Å². The number of benzene rings is 2. The van der Waals surface area contributed by atoms with Crippen LogP contribution in [0.25, 0.3) is 10.9 Å². The van der Waals surface area contributed by atoms with Crippen LogP contribution in [0.2, 0.25) is 0 Å². The lowest BCUT2D eigenvalue weighted by Gasteiger charge is -2.14. The second kappa shape index (κ2) is 13.5. The van der Waals surface area contributed by atoms with Gasteiger partial charge in [0.2, 0.25) is 6.41 Å². The van der Waals surface area contributed by atoms with Gasteiger partial charge >= 0.3 is 0 Å². The van der Waals surface area contributed by atoms with Crippen molar-refractivity contribution in [2.75, 3.05) is 24.8 Å². The Labute approximate surface area is 208 Å². The number of nitrogens with one attached hydrogen (secondary N) is 1. The first-order valence-corrected chi connectivity index (χ1v) is 12.4. The molecule has 186 valence electrons. The number of pyridine rings is 1. The van der Waals surface area contributed by atoms with E-state index in [2.05, 4.69) is 10.3 Å². The smallest absolute Gasteiger partial charge is 0.211 e. The summed E-state index contributed by atoms with van der Waals surface area (Å²) in [6, 6.07) is 9.38. The quantitative estimate of drug-likeness (QED) is 0.204. The normalized spacial score (nSPS) is 10.7. The number of anilines is 1. The first-order valence-electron chi connectivity index (χ1n) is 11.4. The average molecular weight is 501 g/mol. The number of carbonyl (C=O) groups is 2. The van der Waals surface area contributed by atoms with Crippen molar-refractivity contribution in [3.05, 3.63) is 48.4 Å². The summed E-state index contributed by atoms with van der Waals surface area (Å²) in [6.07, 6.45) is 7.26. The molecule has 9 heteroatoms. The highest BCUT2D eigenvalue weighted by molar-refractivity contribution is 8.13. The van der Waals surface area contributed by atoms with E-state index in [0.29, 0.717) is 46.9 Å². The molecule has 0 atom stereocenters. The lowest BCUT2D eigenvalue weighted by molar-refractivity contribution is -0.109. The van der Waals surface area contributed by atoms with Crippen LogP contribution < -0.4 is 19.5 Å². The number of unbranched alkanes of at least 4 members (excludes halogenated alkanes) is 4. The fourth-order valence-electron chi connectivity index (χ4n) is 3.48. The molecule has 0 aliphatic rings. The minimum Gasteiger partial charge on any atom is -0.493 e. The van der Waals surface area contributed by atoms with E-state index in [-0.39, 0.29) is 10.9 Å². The molecule has 0 aliphatic heterocycles. The molecule has 0 fully saturated rings. The van der Waals surface area contributed by atoms with Gasteiger partial charge in [-0.2, -0.15) is 0 Å². The third kappa shape index (κ3) is 7.85. The van der Waals surface area contributed by atoms with Crippen LogP contribution in [0.5, 0.6) is 23.0 Å². The van der Waals surface area contributed by atoms with Crippen molar-refractivity contribution in [1.29, 1.82) is 0 Å². The molecular formula is C26H29FN2O5S. The van der Waals surface area contributed by atoms with Gasteiger partial charge < -0.3 is 19.5 Å². The van der Waals surface area contributed by atoms with Gasteiger partial charge in [0.15, 0.2) is 28.2 Å². The first-order chi connectivity index (χ1) is 17.0. The molecular weight excluding hydrogens is 471 g/mol. The standard InChI is InChI=1S/C26H29FN2O5S/c1-18(31)35-13-7-5-3-4-6-12-33-26-16-22-20(15-25(26)32-2)23(10-11-28-22)34-24-9-8-19(29-17-30)14-21(24)27/h8-11,14-17H,3-7,12-13H2,1-2H3,(H,29,30). The molecule has 0 aliphatic carbocycles. The predicted octanol–water partition coefficient (Wildman–Crippen LogP) is 6.35. The molecule has 1 amide bonds. The van der Waals surface area contributed by atoms with Crippen molar-refractivity contribution in [1.82, 2.24) is 4.98 Å². The van der Waals surface area contributed by atoms with E-state index in [0.717, 1.165) is 37.9 Å². The summed E-state index contributed by atoms with van der Waals surface area (Å²) in [5.41, 5.74) is 0.959. The fourth-order valence-corrected chi connectivity index (χ4v) is 4.12. The van der Waals surface area contributed by atoms with Gasteiger partial charge in [0.05, 0.1) is 19.2 Å². The number of methoxy groups -OCH3 is 1. The monoisotopic (exact) mass is 500 g/mol. The van der Waals surface area contributed by atoms with E-state index in [1.807, 2.05) is 0 Å². The highest BCUT2D eigenvalue weighted by Gasteiger charge is 2.14. The highest BCUT2D eigenvalue weighted by Crippen LogP contribution is 2.37. The van der Waals surface area contributed by atoms with Gasteiger partial charge in [-0.3, -0.25) is 14.6 Å². The minimum absolute atomic E-state index is 0.0214. The number of amides is 1. The van der Waals surface area contributed by atoms with Crippen LogP contribution in [0.15, 0.2) is 42.6 Å².